The highest BCUT2D eigenvalue weighted by Gasteiger charge is 2.35. The molecule has 0 radical (unpaired) electrons. The predicted octanol–water partition coefficient (Wildman–Crippen LogP) is 3.53. The van der Waals surface area contributed by atoms with E-state index in [9.17, 15) is 4.79 Å². The van der Waals surface area contributed by atoms with Gasteiger partial charge in [-0.2, -0.15) is 0 Å². The van der Waals surface area contributed by atoms with Gasteiger partial charge in [0.2, 0.25) is 5.75 Å². The Labute approximate surface area is 153 Å². The summed E-state index contributed by atoms with van der Waals surface area (Å²) >= 11 is 0. The maximum atomic E-state index is 13.3. The molecule has 0 saturated carbocycles. The third-order valence-electron chi connectivity index (χ3n) is 4.24. The molecular formula is C20H23NO5. The predicted molar refractivity (Wildman–Crippen MR) is 98.9 cm³/mol. The second-order valence-corrected chi connectivity index (χ2v) is 6.63. The fraction of sp³-hybridized carbons (Fsp3) is 0.350. The Morgan fingerprint density at radius 2 is 1.65 bits per heavy atom. The number of hydrogen-bond acceptors (Lipinski definition) is 5. The molecule has 26 heavy (non-hydrogen) atoms. The number of ether oxygens (including phenoxy) is 4. The molecule has 0 aliphatic carbocycles. The molecule has 2 aromatic rings. The van der Waals surface area contributed by atoms with Gasteiger partial charge in [-0.25, -0.2) is 0 Å². The Balaban J connectivity index is 2.07. The van der Waals surface area contributed by atoms with Crippen molar-refractivity contribution in [2.75, 3.05) is 32.8 Å². The average Bonchev–Trinajstić information content (AvgIpc) is 2.64. The summed E-state index contributed by atoms with van der Waals surface area (Å²) in [6.45, 7) is 4.34. The number of hydrogen-bond donors (Lipinski definition) is 0. The van der Waals surface area contributed by atoms with Crippen molar-refractivity contribution in [3.05, 3.63) is 42.0 Å². The van der Waals surface area contributed by atoms with Crippen molar-refractivity contribution in [3.8, 4) is 23.0 Å². The topological polar surface area (TPSA) is 57.2 Å². The first-order valence-corrected chi connectivity index (χ1v) is 8.30. The molecule has 0 spiro atoms. The molecule has 1 heterocycles. The number of benzene rings is 2. The quantitative estimate of drug-likeness (QED) is 0.838. The largest absolute Gasteiger partial charge is 0.493 e. The summed E-state index contributed by atoms with van der Waals surface area (Å²) in [5.41, 5.74) is 0.697. The standard InChI is InChI=1S/C20H23NO5/c1-20(2)12-21(14-8-6-7-9-15(14)26-20)19(22)13-10-16(23-3)18(25-5)17(11-13)24-4/h6-11H,12H2,1-5H3. The van der Waals surface area contributed by atoms with Crippen molar-refractivity contribution in [1.29, 1.82) is 0 Å². The molecule has 0 aromatic heterocycles. The number of nitrogens with zero attached hydrogens (tertiary/aromatic N) is 1. The van der Waals surface area contributed by atoms with Crippen molar-refractivity contribution in [2.24, 2.45) is 0 Å². The van der Waals surface area contributed by atoms with E-state index in [0.29, 0.717) is 35.1 Å². The lowest BCUT2D eigenvalue weighted by Gasteiger charge is -2.39. The fourth-order valence-electron chi connectivity index (χ4n) is 3.10. The monoisotopic (exact) mass is 357 g/mol. The second-order valence-electron chi connectivity index (χ2n) is 6.63. The summed E-state index contributed by atoms with van der Waals surface area (Å²) < 4.78 is 22.1. The molecule has 0 saturated heterocycles. The normalized spacial score (nSPS) is 14.9. The maximum absolute atomic E-state index is 13.3. The van der Waals surface area contributed by atoms with Gasteiger partial charge < -0.3 is 23.8 Å². The Morgan fingerprint density at radius 3 is 2.23 bits per heavy atom. The Kier molecular flexibility index (Phi) is 4.68. The Hall–Kier alpha value is -2.89. The lowest BCUT2D eigenvalue weighted by atomic mass is 10.0. The highest BCUT2D eigenvalue weighted by atomic mass is 16.5. The molecule has 3 rings (SSSR count). The molecule has 0 unspecified atom stereocenters. The van der Waals surface area contributed by atoms with E-state index in [1.165, 1.54) is 21.3 Å². The number of para-hydroxylation sites is 2. The molecule has 0 fully saturated rings. The highest BCUT2D eigenvalue weighted by Crippen LogP contribution is 2.41. The molecule has 1 aliphatic rings. The van der Waals surface area contributed by atoms with E-state index in [1.807, 2.05) is 38.1 Å². The first-order chi connectivity index (χ1) is 12.4. The minimum absolute atomic E-state index is 0.159. The van der Waals surface area contributed by atoms with Gasteiger partial charge in [-0.3, -0.25) is 4.79 Å². The van der Waals surface area contributed by atoms with Gasteiger partial charge in [0.1, 0.15) is 11.4 Å². The molecule has 2 aromatic carbocycles. The fourth-order valence-corrected chi connectivity index (χ4v) is 3.10. The number of methoxy groups -OCH3 is 3. The highest BCUT2D eigenvalue weighted by molar-refractivity contribution is 6.08. The molecule has 1 amide bonds. The van der Waals surface area contributed by atoms with E-state index in [1.54, 1.807) is 17.0 Å². The van der Waals surface area contributed by atoms with Crippen molar-refractivity contribution < 1.29 is 23.7 Å². The van der Waals surface area contributed by atoms with Crippen LogP contribution in [-0.2, 0) is 0 Å². The molecule has 6 nitrogen and oxygen atoms in total. The summed E-state index contributed by atoms with van der Waals surface area (Å²) in [6.07, 6.45) is 0. The van der Waals surface area contributed by atoms with Crippen LogP contribution in [0.5, 0.6) is 23.0 Å². The van der Waals surface area contributed by atoms with Crippen LogP contribution in [-0.4, -0.2) is 39.4 Å². The van der Waals surface area contributed by atoms with Gasteiger partial charge in [-0.15, -0.1) is 0 Å². The van der Waals surface area contributed by atoms with Crippen LogP contribution < -0.4 is 23.8 Å². The van der Waals surface area contributed by atoms with Gasteiger partial charge in [0.05, 0.1) is 33.6 Å². The summed E-state index contributed by atoms with van der Waals surface area (Å²) in [4.78, 5) is 15.0. The van der Waals surface area contributed by atoms with Crippen LogP contribution in [0.2, 0.25) is 0 Å². The van der Waals surface area contributed by atoms with Crippen LogP contribution in [0.3, 0.4) is 0 Å². The third-order valence-corrected chi connectivity index (χ3v) is 4.24. The van der Waals surface area contributed by atoms with E-state index in [-0.39, 0.29) is 5.91 Å². The molecule has 6 heteroatoms. The average molecular weight is 357 g/mol. The number of anilines is 1. The lowest BCUT2D eigenvalue weighted by Crippen LogP contribution is -2.49. The molecule has 138 valence electrons. The van der Waals surface area contributed by atoms with Gasteiger partial charge in [0, 0.05) is 5.56 Å². The molecule has 0 atom stereocenters. The Morgan fingerprint density at radius 1 is 1.04 bits per heavy atom. The van der Waals surface area contributed by atoms with Gasteiger partial charge in [-0.05, 0) is 38.1 Å². The molecule has 1 aliphatic heterocycles. The van der Waals surface area contributed by atoms with E-state index >= 15 is 0 Å². The molecule has 0 bridgehead atoms. The summed E-state index contributed by atoms with van der Waals surface area (Å²) in [6, 6.07) is 10.8. The summed E-state index contributed by atoms with van der Waals surface area (Å²) in [5.74, 6) is 1.86. The zero-order valence-electron chi connectivity index (χ0n) is 15.7. The van der Waals surface area contributed by atoms with Crippen LogP contribution >= 0.6 is 0 Å². The van der Waals surface area contributed by atoms with Crippen LogP contribution in [0.15, 0.2) is 36.4 Å². The minimum atomic E-state index is -0.495. The van der Waals surface area contributed by atoms with Crippen molar-refractivity contribution >= 4 is 11.6 Å². The summed E-state index contributed by atoms with van der Waals surface area (Å²) in [5, 5.41) is 0. The number of fused-ring (bicyclic) bond motifs is 1. The SMILES string of the molecule is COc1cc(C(=O)N2CC(C)(C)Oc3ccccc32)cc(OC)c1OC. The van der Waals surface area contributed by atoms with E-state index < -0.39 is 5.60 Å². The number of carbonyl (C=O) groups excluding carboxylic acids is 1. The zero-order valence-corrected chi connectivity index (χ0v) is 15.7. The second kappa shape index (κ2) is 6.78. The van der Waals surface area contributed by atoms with E-state index in [0.717, 1.165) is 5.69 Å². The lowest BCUT2D eigenvalue weighted by molar-refractivity contribution is 0.0836. The van der Waals surface area contributed by atoms with E-state index in [2.05, 4.69) is 0 Å². The van der Waals surface area contributed by atoms with Gasteiger partial charge >= 0.3 is 0 Å². The van der Waals surface area contributed by atoms with Crippen molar-refractivity contribution in [3.63, 3.8) is 0 Å². The van der Waals surface area contributed by atoms with Crippen LogP contribution in [0.25, 0.3) is 0 Å². The smallest absolute Gasteiger partial charge is 0.258 e. The van der Waals surface area contributed by atoms with Gasteiger partial charge in [0.25, 0.3) is 5.91 Å². The Bertz CT molecular complexity index is 806. The van der Waals surface area contributed by atoms with Gasteiger partial charge in [0.15, 0.2) is 11.5 Å². The number of amides is 1. The van der Waals surface area contributed by atoms with Crippen LogP contribution in [0.1, 0.15) is 24.2 Å². The third kappa shape index (κ3) is 3.14. The number of carbonyl (C=O) groups is 1. The molecular weight excluding hydrogens is 334 g/mol. The van der Waals surface area contributed by atoms with Crippen LogP contribution in [0, 0.1) is 0 Å². The zero-order chi connectivity index (χ0) is 18.9. The van der Waals surface area contributed by atoms with Crippen molar-refractivity contribution in [2.45, 2.75) is 19.4 Å². The summed E-state index contributed by atoms with van der Waals surface area (Å²) in [7, 11) is 4.58. The maximum Gasteiger partial charge on any atom is 0.258 e. The van der Waals surface area contributed by atoms with Crippen LogP contribution in [0.4, 0.5) is 5.69 Å². The van der Waals surface area contributed by atoms with Crippen molar-refractivity contribution in [1.82, 2.24) is 0 Å². The first-order valence-electron chi connectivity index (χ1n) is 8.30. The minimum Gasteiger partial charge on any atom is -0.493 e. The molecule has 0 N–H and O–H groups in total. The number of rotatable bonds is 4. The first kappa shape index (κ1) is 17.9. The van der Waals surface area contributed by atoms with E-state index in [4.69, 9.17) is 18.9 Å². The van der Waals surface area contributed by atoms with Gasteiger partial charge in [-0.1, -0.05) is 12.1 Å².